The highest BCUT2D eigenvalue weighted by Crippen LogP contribution is 2.24. The molecule has 5 aromatic rings. The minimum absolute atomic E-state index is 0.0567. The SMILES string of the molecule is O=S(=O)(c1ccc(Cl)cc1)N(Cc1ccccc1)Cc1ccc(C=Nc2ccc(OCc3ccccc3)cc2)o1. The highest BCUT2D eigenvalue weighted by molar-refractivity contribution is 7.89. The van der Waals surface area contributed by atoms with Crippen molar-refractivity contribution in [2.75, 3.05) is 0 Å². The lowest BCUT2D eigenvalue weighted by atomic mass is 10.2. The summed E-state index contributed by atoms with van der Waals surface area (Å²) in [6.07, 6.45) is 1.61. The molecule has 0 fully saturated rings. The van der Waals surface area contributed by atoms with E-state index in [0.29, 0.717) is 23.2 Å². The first-order valence-corrected chi connectivity index (χ1v) is 14.5. The number of aliphatic imine (C=N–C) groups is 1. The fraction of sp³-hybridized carbons (Fsp3) is 0.0938. The largest absolute Gasteiger partial charge is 0.489 e. The van der Waals surface area contributed by atoms with Crippen LogP contribution < -0.4 is 4.74 Å². The molecule has 0 aliphatic heterocycles. The number of halogens is 1. The lowest BCUT2D eigenvalue weighted by molar-refractivity contribution is 0.306. The third-order valence-corrected chi connectivity index (χ3v) is 8.15. The predicted molar refractivity (Wildman–Crippen MR) is 158 cm³/mol. The Morgan fingerprint density at radius 1 is 0.750 bits per heavy atom. The van der Waals surface area contributed by atoms with Crippen LogP contribution >= 0.6 is 11.6 Å². The zero-order valence-electron chi connectivity index (χ0n) is 21.6. The van der Waals surface area contributed by atoms with E-state index >= 15 is 0 Å². The molecular weight excluding hydrogens is 544 g/mol. The number of rotatable bonds is 11. The number of benzene rings is 4. The van der Waals surface area contributed by atoms with Crippen molar-refractivity contribution in [3.05, 3.63) is 149 Å². The fourth-order valence-corrected chi connectivity index (χ4v) is 5.52. The van der Waals surface area contributed by atoms with E-state index in [1.165, 1.54) is 16.4 Å². The molecule has 202 valence electrons. The quantitative estimate of drug-likeness (QED) is 0.153. The smallest absolute Gasteiger partial charge is 0.243 e. The van der Waals surface area contributed by atoms with Gasteiger partial charge in [-0.15, -0.1) is 0 Å². The zero-order chi connectivity index (χ0) is 27.8. The van der Waals surface area contributed by atoms with E-state index in [1.807, 2.05) is 84.9 Å². The summed E-state index contributed by atoms with van der Waals surface area (Å²) in [6, 6.07) is 36.6. The van der Waals surface area contributed by atoms with Crippen molar-refractivity contribution < 1.29 is 17.6 Å². The van der Waals surface area contributed by atoms with Gasteiger partial charge in [-0.3, -0.25) is 4.99 Å². The van der Waals surface area contributed by atoms with E-state index in [-0.39, 0.29) is 18.0 Å². The van der Waals surface area contributed by atoms with E-state index in [4.69, 9.17) is 20.8 Å². The highest BCUT2D eigenvalue weighted by Gasteiger charge is 2.26. The van der Waals surface area contributed by atoms with Crippen LogP contribution in [0.2, 0.25) is 5.02 Å². The number of nitrogens with zero attached hydrogens (tertiary/aromatic N) is 2. The minimum Gasteiger partial charge on any atom is -0.489 e. The average Bonchev–Trinajstić information content (AvgIpc) is 3.44. The molecule has 0 bridgehead atoms. The van der Waals surface area contributed by atoms with Gasteiger partial charge in [0.05, 0.1) is 23.3 Å². The van der Waals surface area contributed by atoms with Crippen molar-refractivity contribution in [2.45, 2.75) is 24.6 Å². The lowest BCUT2D eigenvalue weighted by Crippen LogP contribution is -2.30. The van der Waals surface area contributed by atoms with Gasteiger partial charge in [0.2, 0.25) is 10.0 Å². The van der Waals surface area contributed by atoms with Gasteiger partial charge >= 0.3 is 0 Å². The normalized spacial score (nSPS) is 11.8. The van der Waals surface area contributed by atoms with Crippen LogP contribution in [-0.2, 0) is 29.7 Å². The first-order chi connectivity index (χ1) is 19.5. The molecule has 0 radical (unpaired) electrons. The zero-order valence-corrected chi connectivity index (χ0v) is 23.1. The van der Waals surface area contributed by atoms with Crippen molar-refractivity contribution in [1.29, 1.82) is 0 Å². The Labute approximate surface area is 239 Å². The van der Waals surface area contributed by atoms with Crippen LogP contribution in [0.5, 0.6) is 5.75 Å². The third kappa shape index (κ3) is 7.27. The molecule has 1 aromatic heterocycles. The molecule has 40 heavy (non-hydrogen) atoms. The molecule has 0 unspecified atom stereocenters. The first-order valence-electron chi connectivity index (χ1n) is 12.6. The van der Waals surface area contributed by atoms with Gasteiger partial charge in [-0.1, -0.05) is 72.3 Å². The molecule has 0 N–H and O–H groups in total. The van der Waals surface area contributed by atoms with Gasteiger partial charge in [0.25, 0.3) is 0 Å². The van der Waals surface area contributed by atoms with Crippen molar-refractivity contribution in [3.8, 4) is 5.75 Å². The summed E-state index contributed by atoms with van der Waals surface area (Å²) in [5, 5.41) is 0.470. The third-order valence-electron chi connectivity index (χ3n) is 6.09. The number of hydrogen-bond acceptors (Lipinski definition) is 5. The number of furan rings is 1. The molecule has 0 saturated heterocycles. The second-order valence-electron chi connectivity index (χ2n) is 9.04. The monoisotopic (exact) mass is 570 g/mol. The lowest BCUT2D eigenvalue weighted by Gasteiger charge is -2.21. The number of hydrogen-bond donors (Lipinski definition) is 0. The van der Waals surface area contributed by atoms with Crippen LogP contribution in [0.1, 0.15) is 22.6 Å². The number of sulfonamides is 1. The van der Waals surface area contributed by atoms with Gasteiger partial charge in [-0.25, -0.2) is 8.42 Å². The maximum absolute atomic E-state index is 13.5. The molecule has 0 atom stereocenters. The van der Waals surface area contributed by atoms with Gasteiger partial charge in [-0.2, -0.15) is 4.31 Å². The molecule has 8 heteroatoms. The Hall–Kier alpha value is -4.17. The highest BCUT2D eigenvalue weighted by atomic mass is 35.5. The van der Waals surface area contributed by atoms with E-state index in [1.54, 1.807) is 30.5 Å². The number of ether oxygens (including phenoxy) is 1. The summed E-state index contributed by atoms with van der Waals surface area (Å²) in [5.41, 5.74) is 2.70. The topological polar surface area (TPSA) is 72.1 Å². The minimum atomic E-state index is -3.82. The molecule has 6 nitrogen and oxygen atoms in total. The van der Waals surface area contributed by atoms with Crippen LogP contribution in [0, 0.1) is 0 Å². The fourth-order valence-electron chi connectivity index (χ4n) is 4.00. The molecule has 0 aliphatic carbocycles. The van der Waals surface area contributed by atoms with Crippen molar-refractivity contribution in [1.82, 2.24) is 4.31 Å². The summed E-state index contributed by atoms with van der Waals surface area (Å²) in [5.74, 6) is 1.77. The van der Waals surface area contributed by atoms with Crippen LogP contribution in [0.25, 0.3) is 0 Å². The van der Waals surface area contributed by atoms with Crippen molar-refractivity contribution in [3.63, 3.8) is 0 Å². The summed E-state index contributed by atoms with van der Waals surface area (Å²) in [7, 11) is -3.82. The Morgan fingerprint density at radius 2 is 1.40 bits per heavy atom. The molecule has 0 amide bonds. The summed E-state index contributed by atoms with van der Waals surface area (Å²) >= 11 is 5.98. The second kappa shape index (κ2) is 12.8. The molecule has 4 aromatic carbocycles. The van der Waals surface area contributed by atoms with Crippen LogP contribution in [0.4, 0.5) is 5.69 Å². The molecular formula is C32H27ClN2O4S. The maximum Gasteiger partial charge on any atom is 0.243 e. The second-order valence-corrected chi connectivity index (χ2v) is 11.4. The maximum atomic E-state index is 13.5. The summed E-state index contributed by atoms with van der Waals surface area (Å²) < 4.78 is 40.2. The van der Waals surface area contributed by atoms with Gasteiger partial charge in [0, 0.05) is 11.6 Å². The van der Waals surface area contributed by atoms with E-state index in [0.717, 1.165) is 22.6 Å². The Balaban J connectivity index is 1.27. The van der Waals surface area contributed by atoms with E-state index < -0.39 is 10.0 Å². The van der Waals surface area contributed by atoms with Crippen LogP contribution in [0.15, 0.2) is 136 Å². The van der Waals surface area contributed by atoms with Gasteiger partial charge < -0.3 is 9.15 Å². The molecule has 5 rings (SSSR count). The first kappa shape index (κ1) is 27.4. The molecule has 0 saturated carbocycles. The van der Waals surface area contributed by atoms with Gasteiger partial charge in [-0.05, 0) is 71.8 Å². The van der Waals surface area contributed by atoms with Crippen molar-refractivity contribution >= 4 is 33.5 Å². The Morgan fingerprint density at radius 3 is 2.08 bits per heavy atom. The molecule has 0 spiro atoms. The standard InChI is InChI=1S/C32H27ClN2O4S/c33-27-11-19-32(20-12-27)40(36,37)35(22-25-7-3-1-4-8-25)23-31-18-17-30(39-31)21-34-28-13-15-29(16-14-28)38-24-26-9-5-2-6-10-26/h1-21H,22-24H2. The molecule has 0 aliphatic rings. The van der Waals surface area contributed by atoms with E-state index in [9.17, 15) is 8.42 Å². The van der Waals surface area contributed by atoms with Crippen LogP contribution in [0.3, 0.4) is 0 Å². The Kier molecular flexibility index (Phi) is 8.76. The van der Waals surface area contributed by atoms with Gasteiger partial charge in [0.1, 0.15) is 23.9 Å². The van der Waals surface area contributed by atoms with Crippen LogP contribution in [-0.4, -0.2) is 18.9 Å². The Bertz CT molecular complexity index is 1650. The predicted octanol–water partition coefficient (Wildman–Crippen LogP) is 7.65. The van der Waals surface area contributed by atoms with Crippen molar-refractivity contribution in [2.24, 2.45) is 4.99 Å². The average molecular weight is 571 g/mol. The van der Waals surface area contributed by atoms with Gasteiger partial charge in [0.15, 0.2) is 0 Å². The summed E-state index contributed by atoms with van der Waals surface area (Å²) in [4.78, 5) is 4.65. The van der Waals surface area contributed by atoms with E-state index in [2.05, 4.69) is 4.99 Å². The summed E-state index contributed by atoms with van der Waals surface area (Å²) in [6.45, 7) is 0.739. The molecule has 1 heterocycles.